The summed E-state index contributed by atoms with van der Waals surface area (Å²) in [5, 5.41) is 2.49. The lowest BCUT2D eigenvalue weighted by atomic mass is 10.3. The molecule has 1 amide bonds. The van der Waals surface area contributed by atoms with Crippen molar-refractivity contribution in [2.24, 2.45) is 0 Å². The van der Waals surface area contributed by atoms with Gasteiger partial charge in [0.05, 0.1) is 17.5 Å². The number of carbonyl (C=O) groups is 1. The highest BCUT2D eigenvalue weighted by Gasteiger charge is 2.33. The van der Waals surface area contributed by atoms with Crippen LogP contribution in [0.25, 0.3) is 0 Å². The number of amides is 1. The Hall–Kier alpha value is -0.840. The number of hydrogen-bond donors (Lipinski definition) is 1. The van der Waals surface area contributed by atoms with Crippen LogP contribution < -0.4 is 5.32 Å². The van der Waals surface area contributed by atoms with E-state index in [2.05, 4.69) is 11.9 Å². The molecule has 1 aliphatic rings. The number of rotatable bonds is 2. The third-order valence-corrected chi connectivity index (χ3v) is 3.26. The molecule has 0 saturated carbocycles. The molecule has 1 heterocycles. The van der Waals surface area contributed by atoms with Crippen molar-refractivity contribution in [1.29, 1.82) is 0 Å². The first-order valence-corrected chi connectivity index (χ1v) is 4.99. The minimum absolute atomic E-state index is 0.0621. The van der Waals surface area contributed by atoms with Gasteiger partial charge in [-0.25, -0.2) is 8.42 Å². The summed E-state index contributed by atoms with van der Waals surface area (Å²) in [6, 6.07) is -0.203. The van der Waals surface area contributed by atoms with E-state index in [1.54, 1.807) is 0 Å². The molecule has 0 radical (unpaired) electrons. The van der Waals surface area contributed by atoms with E-state index in [1.807, 2.05) is 0 Å². The Kier molecular flexibility index (Phi) is 1.99. The Balaban J connectivity index is 2.35. The van der Waals surface area contributed by atoms with Gasteiger partial charge in [-0.1, -0.05) is 6.58 Å². The van der Waals surface area contributed by atoms with Crippen LogP contribution in [0.15, 0.2) is 12.7 Å². The molecule has 0 aromatic rings. The quantitative estimate of drug-likeness (QED) is 0.552. The van der Waals surface area contributed by atoms with Crippen LogP contribution >= 0.6 is 0 Å². The summed E-state index contributed by atoms with van der Waals surface area (Å²) in [5.74, 6) is -0.191. The smallest absolute Gasteiger partial charge is 0.243 e. The van der Waals surface area contributed by atoms with Gasteiger partial charge in [0, 0.05) is 0 Å². The van der Waals surface area contributed by atoms with E-state index in [0.717, 1.165) is 6.08 Å². The summed E-state index contributed by atoms with van der Waals surface area (Å²) in [7, 11) is -2.83. The van der Waals surface area contributed by atoms with Gasteiger partial charge in [-0.05, 0) is 6.08 Å². The Bertz CT molecular complexity index is 268. The number of hydrogen-bond acceptors (Lipinski definition) is 3. The van der Waals surface area contributed by atoms with Crippen LogP contribution in [0.1, 0.15) is 0 Å². The Morgan fingerprint density at radius 3 is 2.45 bits per heavy atom. The van der Waals surface area contributed by atoms with Crippen LogP contribution in [-0.2, 0) is 14.6 Å². The van der Waals surface area contributed by atoms with Gasteiger partial charge in [-0.15, -0.1) is 0 Å². The summed E-state index contributed by atoms with van der Waals surface area (Å²) < 4.78 is 21.2. The molecule has 0 bridgehead atoms. The Labute approximate surface area is 65.2 Å². The number of nitrogens with one attached hydrogen (secondary N) is 1. The van der Waals surface area contributed by atoms with E-state index in [0.29, 0.717) is 0 Å². The minimum Gasteiger partial charge on any atom is -0.348 e. The first-order valence-electron chi connectivity index (χ1n) is 3.17. The molecule has 1 N–H and O–H groups in total. The normalized spacial score (nSPS) is 21.8. The summed E-state index contributed by atoms with van der Waals surface area (Å²) in [6.07, 6.45) is 1.13. The lowest BCUT2D eigenvalue weighted by Crippen LogP contribution is -2.52. The fourth-order valence-electron chi connectivity index (χ4n) is 0.908. The zero-order chi connectivity index (χ0) is 8.48. The van der Waals surface area contributed by atoms with Crippen LogP contribution in [-0.4, -0.2) is 31.9 Å². The predicted molar refractivity (Wildman–Crippen MR) is 40.8 cm³/mol. The summed E-state index contributed by atoms with van der Waals surface area (Å²) in [4.78, 5) is 10.6. The van der Waals surface area contributed by atoms with Gasteiger partial charge in [0.2, 0.25) is 5.91 Å². The molecule has 1 rings (SSSR count). The van der Waals surface area contributed by atoms with Crippen molar-refractivity contribution in [3.05, 3.63) is 12.7 Å². The molecular weight excluding hydrogens is 166 g/mol. The molecule has 62 valence electrons. The average Bonchev–Trinajstić information content (AvgIpc) is 1.83. The molecule has 1 fully saturated rings. The monoisotopic (exact) mass is 175 g/mol. The van der Waals surface area contributed by atoms with Gasteiger partial charge in [-0.2, -0.15) is 0 Å². The summed E-state index contributed by atoms with van der Waals surface area (Å²) >= 11 is 0. The van der Waals surface area contributed by atoms with Gasteiger partial charge < -0.3 is 5.32 Å². The van der Waals surface area contributed by atoms with Gasteiger partial charge in [0.25, 0.3) is 0 Å². The van der Waals surface area contributed by atoms with E-state index < -0.39 is 9.84 Å². The topological polar surface area (TPSA) is 63.2 Å². The SMILES string of the molecule is C=CC(=O)NC1CS(=O)(=O)C1. The molecule has 1 saturated heterocycles. The lowest BCUT2D eigenvalue weighted by Gasteiger charge is -2.25. The highest BCUT2D eigenvalue weighted by Crippen LogP contribution is 2.09. The molecule has 0 aromatic carbocycles. The number of carbonyl (C=O) groups excluding carboxylic acids is 1. The molecule has 0 spiro atoms. The first-order chi connectivity index (χ1) is 5.03. The minimum atomic E-state index is -2.83. The summed E-state index contributed by atoms with van der Waals surface area (Å²) in [5.41, 5.74) is 0. The molecule has 5 heteroatoms. The van der Waals surface area contributed by atoms with Crippen molar-refractivity contribution in [1.82, 2.24) is 5.32 Å². The first kappa shape index (κ1) is 8.26. The van der Waals surface area contributed by atoms with E-state index in [4.69, 9.17) is 0 Å². The van der Waals surface area contributed by atoms with Crippen LogP contribution in [0, 0.1) is 0 Å². The molecule has 0 unspecified atom stereocenters. The van der Waals surface area contributed by atoms with E-state index in [1.165, 1.54) is 0 Å². The Morgan fingerprint density at radius 1 is 1.55 bits per heavy atom. The van der Waals surface area contributed by atoms with Crippen LogP contribution in [0.5, 0.6) is 0 Å². The van der Waals surface area contributed by atoms with Crippen molar-refractivity contribution in [3.63, 3.8) is 0 Å². The lowest BCUT2D eigenvalue weighted by molar-refractivity contribution is -0.116. The molecule has 11 heavy (non-hydrogen) atoms. The molecule has 0 atom stereocenters. The third-order valence-electron chi connectivity index (χ3n) is 1.44. The highest BCUT2D eigenvalue weighted by atomic mass is 32.2. The predicted octanol–water partition coefficient (Wildman–Crippen LogP) is -0.914. The van der Waals surface area contributed by atoms with Gasteiger partial charge >= 0.3 is 0 Å². The Morgan fingerprint density at radius 2 is 2.09 bits per heavy atom. The largest absolute Gasteiger partial charge is 0.348 e. The maximum Gasteiger partial charge on any atom is 0.243 e. The third kappa shape index (κ3) is 2.04. The van der Waals surface area contributed by atoms with Crippen molar-refractivity contribution >= 4 is 15.7 Å². The molecule has 0 aromatic heterocycles. The molecule has 0 aliphatic carbocycles. The van der Waals surface area contributed by atoms with Crippen molar-refractivity contribution in [3.8, 4) is 0 Å². The van der Waals surface area contributed by atoms with Crippen molar-refractivity contribution < 1.29 is 13.2 Å². The van der Waals surface area contributed by atoms with E-state index in [9.17, 15) is 13.2 Å². The van der Waals surface area contributed by atoms with E-state index in [-0.39, 0.29) is 23.5 Å². The zero-order valence-corrected chi connectivity index (χ0v) is 6.73. The summed E-state index contributed by atoms with van der Waals surface area (Å²) in [6.45, 7) is 3.25. The van der Waals surface area contributed by atoms with Crippen molar-refractivity contribution in [2.75, 3.05) is 11.5 Å². The standard InChI is InChI=1S/C6H9NO3S/c1-2-6(8)7-5-3-11(9,10)4-5/h2,5H,1,3-4H2,(H,7,8). The average molecular weight is 175 g/mol. The fourth-order valence-corrected chi connectivity index (χ4v) is 2.20. The maximum absolute atomic E-state index is 10.6. The van der Waals surface area contributed by atoms with Crippen LogP contribution in [0.4, 0.5) is 0 Å². The molecule has 4 nitrogen and oxygen atoms in total. The highest BCUT2D eigenvalue weighted by molar-refractivity contribution is 7.92. The second-order valence-corrected chi connectivity index (χ2v) is 4.64. The van der Waals surface area contributed by atoms with Crippen LogP contribution in [0.3, 0.4) is 0 Å². The van der Waals surface area contributed by atoms with E-state index >= 15 is 0 Å². The second-order valence-electron chi connectivity index (χ2n) is 2.49. The van der Waals surface area contributed by atoms with Gasteiger partial charge in [-0.3, -0.25) is 4.79 Å². The van der Waals surface area contributed by atoms with Gasteiger partial charge in [0.1, 0.15) is 0 Å². The maximum atomic E-state index is 10.6. The zero-order valence-electron chi connectivity index (χ0n) is 5.91. The molecule has 1 aliphatic heterocycles. The van der Waals surface area contributed by atoms with Crippen LogP contribution in [0.2, 0.25) is 0 Å². The second kappa shape index (κ2) is 2.65. The number of sulfone groups is 1. The van der Waals surface area contributed by atoms with Gasteiger partial charge in [0.15, 0.2) is 9.84 Å². The molecular formula is C6H9NO3S. The van der Waals surface area contributed by atoms with Crippen molar-refractivity contribution in [2.45, 2.75) is 6.04 Å². The fraction of sp³-hybridized carbons (Fsp3) is 0.500.